The Kier molecular flexibility index (Phi) is 4.64. The van der Waals surface area contributed by atoms with Crippen molar-refractivity contribution >= 4 is 5.91 Å². The molecule has 0 aromatic heterocycles. The zero-order valence-corrected chi connectivity index (χ0v) is 14.6. The number of nitrogens with zero attached hydrogens (tertiary/aromatic N) is 1. The van der Waals surface area contributed by atoms with Gasteiger partial charge in [-0.2, -0.15) is 0 Å². The number of carbonyl (C=O) groups excluding carboxylic acids is 1. The van der Waals surface area contributed by atoms with Crippen molar-refractivity contribution in [3.63, 3.8) is 0 Å². The van der Waals surface area contributed by atoms with E-state index in [1.807, 2.05) is 4.90 Å². The van der Waals surface area contributed by atoms with E-state index >= 15 is 0 Å². The number of likely N-dealkylation sites (tertiary alicyclic amines) is 1. The molecule has 2 fully saturated rings. The van der Waals surface area contributed by atoms with Crippen molar-refractivity contribution in [2.75, 3.05) is 13.1 Å². The van der Waals surface area contributed by atoms with E-state index in [4.69, 9.17) is 10.5 Å². The molecule has 1 saturated carbocycles. The van der Waals surface area contributed by atoms with Crippen LogP contribution in [-0.2, 0) is 6.61 Å². The van der Waals surface area contributed by atoms with Gasteiger partial charge in [-0.1, -0.05) is 18.2 Å². The molecular formula is C21H23FN2O2. The third-order valence-corrected chi connectivity index (χ3v) is 5.38. The molecule has 1 aliphatic heterocycles. The maximum absolute atomic E-state index is 13.6. The summed E-state index contributed by atoms with van der Waals surface area (Å²) in [4.78, 5) is 14.6. The molecule has 2 aromatic rings. The summed E-state index contributed by atoms with van der Waals surface area (Å²) in [6.45, 7) is 1.55. The van der Waals surface area contributed by atoms with Crippen LogP contribution in [0.5, 0.6) is 5.75 Å². The molecule has 4 rings (SSSR count). The van der Waals surface area contributed by atoms with Gasteiger partial charge in [-0.3, -0.25) is 4.79 Å². The van der Waals surface area contributed by atoms with Crippen LogP contribution in [0.4, 0.5) is 4.39 Å². The summed E-state index contributed by atoms with van der Waals surface area (Å²) in [6.07, 6.45) is 2.49. The summed E-state index contributed by atoms with van der Waals surface area (Å²) in [6, 6.07) is 13.6. The van der Waals surface area contributed by atoms with Gasteiger partial charge in [-0.15, -0.1) is 0 Å². The summed E-state index contributed by atoms with van der Waals surface area (Å²) >= 11 is 0. The van der Waals surface area contributed by atoms with E-state index in [0.29, 0.717) is 35.3 Å². The minimum Gasteiger partial charge on any atom is -0.489 e. The number of nitrogens with two attached hydrogens (primary N) is 1. The van der Waals surface area contributed by atoms with Gasteiger partial charge in [0.05, 0.1) is 0 Å². The van der Waals surface area contributed by atoms with Gasteiger partial charge in [0, 0.05) is 30.3 Å². The van der Waals surface area contributed by atoms with E-state index in [-0.39, 0.29) is 24.4 Å². The molecule has 1 saturated heterocycles. The average molecular weight is 354 g/mol. The fourth-order valence-electron chi connectivity index (χ4n) is 3.70. The van der Waals surface area contributed by atoms with Crippen molar-refractivity contribution in [1.82, 2.24) is 4.90 Å². The van der Waals surface area contributed by atoms with Crippen LogP contribution in [0.2, 0.25) is 0 Å². The van der Waals surface area contributed by atoms with Crippen molar-refractivity contribution in [1.29, 1.82) is 0 Å². The van der Waals surface area contributed by atoms with E-state index in [0.717, 1.165) is 6.54 Å². The zero-order chi connectivity index (χ0) is 18.1. The van der Waals surface area contributed by atoms with Gasteiger partial charge in [-0.25, -0.2) is 4.39 Å². The highest BCUT2D eigenvalue weighted by atomic mass is 19.1. The molecule has 1 aliphatic carbocycles. The maximum atomic E-state index is 13.6. The number of carbonyl (C=O) groups is 1. The Labute approximate surface area is 152 Å². The standard InChI is InChI=1S/C21H23FN2O2/c22-19-4-2-1-3-16(19)13-26-17-9-7-15(8-10-17)21(25)24-11-18(14-5-6-14)20(23)12-24/h1-4,7-10,14,18,20H,5-6,11-13,23H2. The number of halogens is 1. The molecule has 0 spiro atoms. The Morgan fingerprint density at radius 2 is 1.85 bits per heavy atom. The van der Waals surface area contributed by atoms with Crippen LogP contribution in [-0.4, -0.2) is 29.9 Å². The molecular weight excluding hydrogens is 331 g/mol. The van der Waals surface area contributed by atoms with Crippen molar-refractivity contribution in [3.05, 3.63) is 65.5 Å². The Morgan fingerprint density at radius 1 is 1.12 bits per heavy atom. The van der Waals surface area contributed by atoms with Crippen LogP contribution in [0.1, 0.15) is 28.8 Å². The first kappa shape index (κ1) is 17.0. The predicted molar refractivity (Wildman–Crippen MR) is 97.3 cm³/mol. The Balaban J connectivity index is 1.36. The quantitative estimate of drug-likeness (QED) is 0.897. The van der Waals surface area contributed by atoms with E-state index < -0.39 is 0 Å². The molecule has 0 bridgehead atoms. The fraction of sp³-hybridized carbons (Fsp3) is 0.381. The van der Waals surface area contributed by atoms with Gasteiger partial charge in [-0.05, 0) is 55.0 Å². The van der Waals surface area contributed by atoms with Gasteiger partial charge >= 0.3 is 0 Å². The molecule has 2 aromatic carbocycles. The molecule has 1 heterocycles. The van der Waals surface area contributed by atoms with Crippen molar-refractivity contribution in [2.45, 2.75) is 25.5 Å². The highest BCUT2D eigenvalue weighted by Gasteiger charge is 2.42. The lowest BCUT2D eigenvalue weighted by Gasteiger charge is -2.16. The third-order valence-electron chi connectivity index (χ3n) is 5.38. The van der Waals surface area contributed by atoms with E-state index in [1.165, 1.54) is 18.9 Å². The molecule has 2 unspecified atom stereocenters. The molecule has 2 atom stereocenters. The molecule has 5 heteroatoms. The minimum absolute atomic E-state index is 0.0178. The highest BCUT2D eigenvalue weighted by molar-refractivity contribution is 5.94. The first-order valence-electron chi connectivity index (χ1n) is 9.13. The number of hydrogen-bond donors (Lipinski definition) is 1. The minimum atomic E-state index is -0.283. The van der Waals surface area contributed by atoms with E-state index in [2.05, 4.69) is 0 Å². The normalized spacial score (nSPS) is 22.5. The maximum Gasteiger partial charge on any atom is 0.253 e. The summed E-state index contributed by atoms with van der Waals surface area (Å²) < 4.78 is 19.2. The predicted octanol–water partition coefficient (Wildman–Crippen LogP) is 3.21. The van der Waals surface area contributed by atoms with E-state index in [1.54, 1.807) is 42.5 Å². The van der Waals surface area contributed by atoms with Gasteiger partial charge in [0.15, 0.2) is 0 Å². The summed E-state index contributed by atoms with van der Waals surface area (Å²) in [5.74, 6) is 1.50. The summed E-state index contributed by atoms with van der Waals surface area (Å²) in [5.41, 5.74) is 7.35. The van der Waals surface area contributed by atoms with E-state index in [9.17, 15) is 9.18 Å². The summed E-state index contributed by atoms with van der Waals surface area (Å²) in [7, 11) is 0. The van der Waals surface area contributed by atoms with Crippen molar-refractivity contribution in [3.8, 4) is 5.75 Å². The first-order chi connectivity index (χ1) is 12.6. The second-order valence-electron chi connectivity index (χ2n) is 7.28. The number of ether oxygens (including phenoxy) is 1. The smallest absolute Gasteiger partial charge is 0.253 e. The monoisotopic (exact) mass is 354 g/mol. The Bertz CT molecular complexity index is 789. The van der Waals surface area contributed by atoms with Crippen LogP contribution >= 0.6 is 0 Å². The van der Waals surface area contributed by atoms with Crippen LogP contribution in [0, 0.1) is 17.7 Å². The molecule has 0 radical (unpaired) electrons. The number of hydrogen-bond acceptors (Lipinski definition) is 3. The number of rotatable bonds is 5. The van der Waals surface area contributed by atoms with Crippen LogP contribution < -0.4 is 10.5 Å². The van der Waals surface area contributed by atoms with Gasteiger partial charge in [0.25, 0.3) is 5.91 Å². The largest absolute Gasteiger partial charge is 0.489 e. The average Bonchev–Trinajstić information content (AvgIpc) is 3.43. The molecule has 1 amide bonds. The topological polar surface area (TPSA) is 55.6 Å². The molecule has 26 heavy (non-hydrogen) atoms. The third kappa shape index (κ3) is 3.58. The van der Waals surface area contributed by atoms with Crippen molar-refractivity contribution in [2.24, 2.45) is 17.6 Å². The van der Waals surface area contributed by atoms with Crippen LogP contribution in [0.15, 0.2) is 48.5 Å². The molecule has 136 valence electrons. The summed E-state index contributed by atoms with van der Waals surface area (Å²) in [5, 5.41) is 0. The van der Waals surface area contributed by atoms with Crippen LogP contribution in [0.3, 0.4) is 0 Å². The Hall–Kier alpha value is -2.40. The zero-order valence-electron chi connectivity index (χ0n) is 14.6. The van der Waals surface area contributed by atoms with Gasteiger partial charge in [0.2, 0.25) is 0 Å². The number of amides is 1. The Morgan fingerprint density at radius 3 is 2.54 bits per heavy atom. The lowest BCUT2D eigenvalue weighted by atomic mass is 9.99. The molecule has 2 N–H and O–H groups in total. The number of benzene rings is 2. The first-order valence-corrected chi connectivity index (χ1v) is 9.13. The fourth-order valence-corrected chi connectivity index (χ4v) is 3.70. The lowest BCUT2D eigenvalue weighted by Crippen LogP contribution is -2.32. The molecule has 2 aliphatic rings. The van der Waals surface area contributed by atoms with Gasteiger partial charge < -0.3 is 15.4 Å². The second kappa shape index (κ2) is 7.08. The molecule has 4 nitrogen and oxygen atoms in total. The SMILES string of the molecule is NC1CN(C(=O)c2ccc(OCc3ccccc3F)cc2)CC1C1CC1. The highest BCUT2D eigenvalue weighted by Crippen LogP contribution is 2.41. The van der Waals surface area contributed by atoms with Crippen LogP contribution in [0.25, 0.3) is 0 Å². The van der Waals surface area contributed by atoms with Crippen molar-refractivity contribution < 1.29 is 13.9 Å². The van der Waals surface area contributed by atoms with Gasteiger partial charge in [0.1, 0.15) is 18.2 Å². The lowest BCUT2D eigenvalue weighted by molar-refractivity contribution is 0.0785. The second-order valence-corrected chi connectivity index (χ2v) is 7.28.